The van der Waals surface area contributed by atoms with Crippen LogP contribution in [0.1, 0.15) is 69.2 Å². The van der Waals surface area contributed by atoms with E-state index in [0.717, 1.165) is 16.9 Å². The third kappa shape index (κ3) is 6.15. The van der Waals surface area contributed by atoms with Crippen molar-refractivity contribution in [1.82, 2.24) is 0 Å². The average Bonchev–Trinajstić information content (AvgIpc) is 3.03. The van der Waals surface area contributed by atoms with Gasteiger partial charge in [-0.3, -0.25) is 4.79 Å². The second kappa shape index (κ2) is 10.5. The molecule has 2 rings (SSSR count). The molecule has 2 aromatic rings. The number of nitrogens with one attached hydrogen (secondary N) is 1. The van der Waals surface area contributed by atoms with Crippen LogP contribution < -0.4 is 5.32 Å². The molecule has 0 atom stereocenters. The van der Waals surface area contributed by atoms with E-state index in [4.69, 9.17) is 14.2 Å². The van der Waals surface area contributed by atoms with Gasteiger partial charge in [-0.1, -0.05) is 32.9 Å². The molecule has 1 N–H and O–H groups in total. The van der Waals surface area contributed by atoms with Crippen molar-refractivity contribution in [1.29, 1.82) is 0 Å². The van der Waals surface area contributed by atoms with Crippen molar-refractivity contribution in [2.45, 2.75) is 40.0 Å². The molecule has 1 aromatic heterocycles. The van der Waals surface area contributed by atoms with Gasteiger partial charge in [0.05, 0.1) is 18.8 Å². The normalized spacial score (nSPS) is 11.2. The highest BCUT2D eigenvalue weighted by molar-refractivity contribution is 7.18. The van der Waals surface area contributed by atoms with Crippen molar-refractivity contribution < 1.29 is 28.6 Å². The summed E-state index contributed by atoms with van der Waals surface area (Å²) in [5, 5.41) is 3.00. The lowest BCUT2D eigenvalue weighted by Gasteiger charge is -2.19. The van der Waals surface area contributed by atoms with Crippen LogP contribution in [0.4, 0.5) is 5.00 Å². The van der Waals surface area contributed by atoms with Gasteiger partial charge in [-0.15, -0.1) is 11.3 Å². The smallest absolute Gasteiger partial charge is 0.348 e. The Morgan fingerprint density at radius 3 is 2.19 bits per heavy atom. The molecule has 0 spiro atoms. The number of thiophene rings is 1. The van der Waals surface area contributed by atoms with Gasteiger partial charge in [0, 0.05) is 12.7 Å². The number of carbonyl (C=O) groups is 3. The lowest BCUT2D eigenvalue weighted by molar-refractivity contribution is 0.0392. The van der Waals surface area contributed by atoms with Crippen LogP contribution in [0.15, 0.2) is 24.3 Å². The molecule has 1 aromatic carbocycles. The summed E-state index contributed by atoms with van der Waals surface area (Å²) in [4.78, 5) is 38.0. The Labute approximate surface area is 186 Å². The largest absolute Gasteiger partial charge is 0.462 e. The number of hydrogen-bond donors (Lipinski definition) is 1. The average molecular weight is 448 g/mol. The summed E-state index contributed by atoms with van der Waals surface area (Å²) in [5.41, 5.74) is 2.08. The van der Waals surface area contributed by atoms with Crippen LogP contribution in [-0.4, -0.2) is 44.8 Å². The number of methoxy groups -OCH3 is 1. The highest BCUT2D eigenvalue weighted by Gasteiger charge is 2.27. The van der Waals surface area contributed by atoms with Gasteiger partial charge in [-0.05, 0) is 42.5 Å². The monoisotopic (exact) mass is 447 g/mol. The molecule has 1 amide bonds. The highest BCUT2D eigenvalue weighted by Crippen LogP contribution is 2.35. The van der Waals surface area contributed by atoms with E-state index in [1.807, 2.05) is 12.1 Å². The van der Waals surface area contributed by atoms with Crippen molar-refractivity contribution in [3.63, 3.8) is 0 Å². The molecule has 0 bridgehead atoms. The van der Waals surface area contributed by atoms with E-state index in [1.165, 1.54) is 7.11 Å². The lowest BCUT2D eigenvalue weighted by Crippen LogP contribution is -2.16. The fourth-order valence-corrected chi connectivity index (χ4v) is 3.91. The molecule has 0 radical (unpaired) electrons. The first-order valence-electron chi connectivity index (χ1n) is 9.98. The van der Waals surface area contributed by atoms with Gasteiger partial charge in [0.2, 0.25) is 0 Å². The first-order chi connectivity index (χ1) is 14.6. The molecule has 0 aliphatic carbocycles. The van der Waals surface area contributed by atoms with Crippen LogP contribution in [0.3, 0.4) is 0 Å². The maximum absolute atomic E-state index is 12.8. The highest BCUT2D eigenvalue weighted by atomic mass is 32.1. The summed E-state index contributed by atoms with van der Waals surface area (Å²) in [6.45, 7) is 10.1. The van der Waals surface area contributed by atoms with Crippen LogP contribution in [0.5, 0.6) is 0 Å². The zero-order chi connectivity index (χ0) is 23.2. The lowest BCUT2D eigenvalue weighted by atomic mass is 9.87. The van der Waals surface area contributed by atoms with Crippen molar-refractivity contribution >= 4 is 34.2 Å². The molecule has 0 fully saturated rings. The molecule has 8 heteroatoms. The fourth-order valence-electron chi connectivity index (χ4n) is 2.83. The summed E-state index contributed by atoms with van der Waals surface area (Å²) in [7, 11) is 1.50. The Balaban J connectivity index is 2.33. The van der Waals surface area contributed by atoms with Crippen molar-refractivity contribution in [3.05, 3.63) is 51.4 Å². The Morgan fingerprint density at radius 1 is 1.00 bits per heavy atom. The predicted molar refractivity (Wildman–Crippen MR) is 120 cm³/mol. The Morgan fingerprint density at radius 2 is 1.65 bits per heavy atom. The molecule has 168 valence electrons. The molecule has 0 saturated carbocycles. The topological polar surface area (TPSA) is 90.9 Å². The van der Waals surface area contributed by atoms with Gasteiger partial charge in [0.1, 0.15) is 16.5 Å². The van der Waals surface area contributed by atoms with Gasteiger partial charge < -0.3 is 19.5 Å². The Kier molecular flexibility index (Phi) is 8.36. The SMILES string of the molecule is CCOC(=O)c1c(NC(=O)c2ccc(C(C)(C)C)cc2)sc(C(=O)OCCOC)c1C. The van der Waals surface area contributed by atoms with Crippen LogP contribution in [0.2, 0.25) is 0 Å². The minimum Gasteiger partial charge on any atom is -0.462 e. The number of anilines is 1. The minimum atomic E-state index is -0.606. The first kappa shape index (κ1) is 24.6. The zero-order valence-electron chi connectivity index (χ0n) is 18.8. The summed E-state index contributed by atoms with van der Waals surface area (Å²) >= 11 is 0.989. The molecule has 0 aliphatic heterocycles. The van der Waals surface area contributed by atoms with Crippen molar-refractivity contribution in [2.24, 2.45) is 0 Å². The number of rotatable bonds is 8. The Hall–Kier alpha value is -2.71. The third-order valence-electron chi connectivity index (χ3n) is 4.57. The molecular weight excluding hydrogens is 418 g/mol. The van der Waals surface area contributed by atoms with E-state index in [2.05, 4.69) is 26.1 Å². The minimum absolute atomic E-state index is 0.0327. The summed E-state index contributed by atoms with van der Waals surface area (Å²) in [5.74, 6) is -1.57. The first-order valence-corrected chi connectivity index (χ1v) is 10.8. The summed E-state index contributed by atoms with van der Waals surface area (Å²) in [6, 6.07) is 7.28. The molecule has 7 nitrogen and oxygen atoms in total. The fraction of sp³-hybridized carbons (Fsp3) is 0.435. The molecular formula is C23H29NO6S. The number of benzene rings is 1. The Bertz CT molecular complexity index is 940. The maximum atomic E-state index is 12.8. The van der Waals surface area contributed by atoms with Crippen molar-refractivity contribution in [3.8, 4) is 0 Å². The number of amides is 1. The summed E-state index contributed by atoms with van der Waals surface area (Å²) in [6.07, 6.45) is 0. The number of esters is 2. The summed E-state index contributed by atoms with van der Waals surface area (Å²) < 4.78 is 15.2. The predicted octanol–water partition coefficient (Wildman–Crippen LogP) is 4.59. The zero-order valence-corrected chi connectivity index (χ0v) is 19.6. The molecule has 0 unspecified atom stereocenters. The van der Waals surface area contributed by atoms with Crippen LogP contribution >= 0.6 is 11.3 Å². The van der Waals surface area contributed by atoms with Gasteiger partial charge in [-0.25, -0.2) is 9.59 Å². The van der Waals surface area contributed by atoms with Gasteiger partial charge in [0.15, 0.2) is 0 Å². The third-order valence-corrected chi connectivity index (χ3v) is 5.76. The van der Waals surface area contributed by atoms with E-state index >= 15 is 0 Å². The second-order valence-electron chi connectivity index (χ2n) is 7.89. The van der Waals surface area contributed by atoms with E-state index in [9.17, 15) is 14.4 Å². The molecule has 0 saturated heterocycles. The van der Waals surface area contributed by atoms with Crippen LogP contribution in [0.25, 0.3) is 0 Å². The quantitative estimate of drug-likeness (QED) is 0.470. The van der Waals surface area contributed by atoms with E-state index in [1.54, 1.807) is 26.0 Å². The molecule has 0 aliphatic rings. The molecule has 31 heavy (non-hydrogen) atoms. The van der Waals surface area contributed by atoms with Crippen LogP contribution in [0, 0.1) is 6.92 Å². The number of carbonyl (C=O) groups excluding carboxylic acids is 3. The van der Waals surface area contributed by atoms with Crippen molar-refractivity contribution in [2.75, 3.05) is 32.2 Å². The number of ether oxygens (including phenoxy) is 3. The van der Waals surface area contributed by atoms with E-state index < -0.39 is 11.9 Å². The standard InChI is InChI=1S/C23H29NO6S/c1-7-29-21(26)17-14(2)18(22(27)30-13-12-28-6)31-20(17)24-19(25)15-8-10-16(11-9-15)23(3,4)5/h8-11H,7,12-13H2,1-6H3,(H,24,25). The van der Waals surface area contributed by atoms with Crippen LogP contribution in [-0.2, 0) is 19.6 Å². The van der Waals surface area contributed by atoms with Gasteiger partial charge in [-0.2, -0.15) is 0 Å². The van der Waals surface area contributed by atoms with E-state index in [0.29, 0.717) is 11.1 Å². The van der Waals surface area contributed by atoms with E-state index in [-0.39, 0.29) is 46.6 Å². The van der Waals surface area contributed by atoms with Gasteiger partial charge in [0.25, 0.3) is 5.91 Å². The maximum Gasteiger partial charge on any atom is 0.348 e. The number of hydrogen-bond acceptors (Lipinski definition) is 7. The van der Waals surface area contributed by atoms with Gasteiger partial charge >= 0.3 is 11.9 Å². The molecule has 1 heterocycles. The second-order valence-corrected chi connectivity index (χ2v) is 8.91.